The number of amides is 1. The monoisotopic (exact) mass is 386 g/mol. The van der Waals surface area contributed by atoms with Gasteiger partial charge < -0.3 is 14.4 Å². The lowest BCUT2D eigenvalue weighted by Crippen LogP contribution is -2.48. The molecule has 2 aliphatic heterocycles. The molecule has 0 bridgehead atoms. The van der Waals surface area contributed by atoms with Crippen molar-refractivity contribution in [3.8, 4) is 5.75 Å². The van der Waals surface area contributed by atoms with Gasteiger partial charge in [-0.1, -0.05) is 12.1 Å². The van der Waals surface area contributed by atoms with Crippen LogP contribution >= 0.6 is 0 Å². The number of carbonyl (C=O) groups excluding carboxylic acids is 1. The van der Waals surface area contributed by atoms with E-state index in [4.69, 9.17) is 9.47 Å². The lowest BCUT2D eigenvalue weighted by molar-refractivity contribution is -0.237. The third kappa shape index (κ3) is 5.84. The number of morpholine rings is 1. The van der Waals surface area contributed by atoms with E-state index in [1.165, 1.54) is 6.42 Å². The van der Waals surface area contributed by atoms with Crippen molar-refractivity contribution < 1.29 is 27.4 Å². The zero-order chi connectivity index (χ0) is 19.3. The molecular weight excluding hydrogens is 361 g/mol. The highest BCUT2D eigenvalue weighted by Gasteiger charge is 2.43. The summed E-state index contributed by atoms with van der Waals surface area (Å²) in [7, 11) is 0. The molecule has 1 aromatic carbocycles. The Morgan fingerprint density at radius 3 is 2.48 bits per heavy atom. The van der Waals surface area contributed by atoms with Gasteiger partial charge in [-0.05, 0) is 37.0 Å². The summed E-state index contributed by atoms with van der Waals surface area (Å²) in [6, 6.07) is 7.14. The molecule has 0 spiro atoms. The molecule has 150 valence electrons. The Hall–Kier alpha value is -1.80. The van der Waals surface area contributed by atoms with Crippen LogP contribution in [0.5, 0.6) is 5.75 Å². The zero-order valence-electron chi connectivity index (χ0n) is 15.2. The van der Waals surface area contributed by atoms with E-state index in [1.807, 2.05) is 17.0 Å². The highest BCUT2D eigenvalue weighted by Crippen LogP contribution is 2.26. The molecule has 2 heterocycles. The second-order valence-corrected chi connectivity index (χ2v) is 7.01. The van der Waals surface area contributed by atoms with Crippen LogP contribution in [-0.4, -0.2) is 67.4 Å². The summed E-state index contributed by atoms with van der Waals surface area (Å²) in [6.07, 6.45) is -2.82. The molecular formula is C19H25F3N2O3. The van der Waals surface area contributed by atoms with Crippen molar-refractivity contribution in [1.82, 2.24) is 9.80 Å². The summed E-state index contributed by atoms with van der Waals surface area (Å²) in [5.41, 5.74) is 0.896. The number of carbonyl (C=O) groups is 1. The van der Waals surface area contributed by atoms with Crippen molar-refractivity contribution in [1.29, 1.82) is 0 Å². The van der Waals surface area contributed by atoms with Crippen LogP contribution in [0.15, 0.2) is 24.3 Å². The molecule has 2 aliphatic rings. The summed E-state index contributed by atoms with van der Waals surface area (Å²) in [5, 5.41) is 0. The molecule has 0 aromatic heterocycles. The second-order valence-electron chi connectivity index (χ2n) is 7.01. The Morgan fingerprint density at radius 1 is 1.11 bits per heavy atom. The Bertz CT molecular complexity index is 616. The first-order chi connectivity index (χ1) is 12.9. The van der Waals surface area contributed by atoms with E-state index in [2.05, 4.69) is 0 Å². The topological polar surface area (TPSA) is 42.0 Å². The molecule has 0 N–H and O–H groups in total. The van der Waals surface area contributed by atoms with Crippen molar-refractivity contribution in [3.63, 3.8) is 0 Å². The molecule has 2 saturated heterocycles. The zero-order valence-corrected chi connectivity index (χ0v) is 15.2. The number of hydrogen-bond acceptors (Lipinski definition) is 4. The predicted molar refractivity (Wildman–Crippen MR) is 93.4 cm³/mol. The fraction of sp³-hybridized carbons (Fsp3) is 0.632. The summed E-state index contributed by atoms with van der Waals surface area (Å²) in [5.74, 6) is 0.574. The number of ether oxygens (including phenoxy) is 2. The van der Waals surface area contributed by atoms with E-state index < -0.39 is 12.3 Å². The van der Waals surface area contributed by atoms with E-state index in [9.17, 15) is 18.0 Å². The predicted octanol–water partition coefficient (Wildman–Crippen LogP) is 2.84. The van der Waals surface area contributed by atoms with Gasteiger partial charge in [0, 0.05) is 32.7 Å². The van der Waals surface area contributed by atoms with Crippen LogP contribution < -0.4 is 4.74 Å². The highest BCUT2D eigenvalue weighted by molar-refractivity contribution is 5.77. The number of benzene rings is 1. The maximum Gasteiger partial charge on any atom is 0.415 e. The molecule has 0 radical (unpaired) electrons. The smallest absolute Gasteiger partial charge is 0.415 e. The minimum Gasteiger partial charge on any atom is -0.484 e. The minimum atomic E-state index is -4.34. The molecule has 1 atom stereocenters. The SMILES string of the molecule is O=C(COc1ccc(CN2CCOC(C(F)(F)F)C2)cc1)N1CCCCC1. The third-order valence-corrected chi connectivity index (χ3v) is 4.92. The molecule has 1 aromatic rings. The van der Waals surface area contributed by atoms with Crippen molar-refractivity contribution in [2.45, 2.75) is 38.1 Å². The lowest BCUT2D eigenvalue weighted by atomic mass is 10.1. The Labute approximate surface area is 157 Å². The molecule has 1 amide bonds. The van der Waals surface area contributed by atoms with Gasteiger partial charge in [-0.15, -0.1) is 0 Å². The van der Waals surface area contributed by atoms with E-state index in [0.29, 0.717) is 18.8 Å². The van der Waals surface area contributed by atoms with Crippen LogP contribution in [0.3, 0.4) is 0 Å². The van der Waals surface area contributed by atoms with Crippen molar-refractivity contribution in [2.75, 3.05) is 39.4 Å². The average molecular weight is 386 g/mol. The minimum absolute atomic E-state index is 0.00899. The number of hydrogen-bond donors (Lipinski definition) is 0. The van der Waals surface area contributed by atoms with Gasteiger partial charge in [0.15, 0.2) is 12.7 Å². The molecule has 2 fully saturated rings. The van der Waals surface area contributed by atoms with Gasteiger partial charge in [-0.2, -0.15) is 13.2 Å². The van der Waals surface area contributed by atoms with Crippen LogP contribution in [0.1, 0.15) is 24.8 Å². The van der Waals surface area contributed by atoms with Gasteiger partial charge in [0.2, 0.25) is 0 Å². The number of halogens is 3. The fourth-order valence-electron chi connectivity index (χ4n) is 3.37. The number of alkyl halides is 3. The largest absolute Gasteiger partial charge is 0.484 e. The molecule has 27 heavy (non-hydrogen) atoms. The number of piperidine rings is 1. The second kappa shape index (κ2) is 8.93. The number of rotatable bonds is 5. The number of nitrogens with zero attached hydrogens (tertiary/aromatic N) is 2. The van der Waals surface area contributed by atoms with Crippen molar-refractivity contribution in [2.24, 2.45) is 0 Å². The maximum atomic E-state index is 12.8. The Balaban J connectivity index is 1.46. The molecule has 8 heteroatoms. The average Bonchev–Trinajstić information content (AvgIpc) is 2.67. The first-order valence-electron chi connectivity index (χ1n) is 9.32. The third-order valence-electron chi connectivity index (χ3n) is 4.92. The Kier molecular flexibility index (Phi) is 6.59. The maximum absolute atomic E-state index is 12.8. The molecule has 5 nitrogen and oxygen atoms in total. The number of likely N-dealkylation sites (tertiary alicyclic amines) is 1. The van der Waals surface area contributed by atoms with E-state index in [1.54, 1.807) is 17.0 Å². The standard InChI is InChI=1S/C19H25F3N2O3/c20-19(21,22)17-13-23(10-11-26-17)12-15-4-6-16(7-5-15)27-14-18(25)24-8-2-1-3-9-24/h4-7,17H,1-3,8-14H2. The van der Waals surface area contributed by atoms with Crippen LogP contribution in [0, 0.1) is 0 Å². The summed E-state index contributed by atoms with van der Waals surface area (Å²) < 4.78 is 48.7. The van der Waals surface area contributed by atoms with Crippen LogP contribution in [0.4, 0.5) is 13.2 Å². The highest BCUT2D eigenvalue weighted by atomic mass is 19.4. The van der Waals surface area contributed by atoms with Gasteiger partial charge in [0.05, 0.1) is 6.61 Å². The molecule has 1 unspecified atom stereocenters. The first kappa shape index (κ1) is 19.9. The fourth-order valence-corrected chi connectivity index (χ4v) is 3.37. The van der Waals surface area contributed by atoms with E-state index >= 15 is 0 Å². The van der Waals surface area contributed by atoms with E-state index in [0.717, 1.165) is 31.5 Å². The van der Waals surface area contributed by atoms with Gasteiger partial charge in [-0.25, -0.2) is 0 Å². The first-order valence-corrected chi connectivity index (χ1v) is 9.32. The van der Waals surface area contributed by atoms with E-state index in [-0.39, 0.29) is 25.7 Å². The summed E-state index contributed by atoms with van der Waals surface area (Å²) >= 11 is 0. The van der Waals surface area contributed by atoms with Gasteiger partial charge in [0.1, 0.15) is 5.75 Å². The van der Waals surface area contributed by atoms with Gasteiger partial charge in [-0.3, -0.25) is 9.69 Å². The molecule has 3 rings (SSSR count). The van der Waals surface area contributed by atoms with Crippen molar-refractivity contribution in [3.05, 3.63) is 29.8 Å². The molecule has 0 saturated carbocycles. The molecule has 0 aliphatic carbocycles. The van der Waals surface area contributed by atoms with Crippen LogP contribution in [0.25, 0.3) is 0 Å². The van der Waals surface area contributed by atoms with Gasteiger partial charge >= 0.3 is 6.18 Å². The van der Waals surface area contributed by atoms with Crippen molar-refractivity contribution >= 4 is 5.91 Å². The summed E-state index contributed by atoms with van der Waals surface area (Å²) in [4.78, 5) is 15.7. The van der Waals surface area contributed by atoms with Gasteiger partial charge in [0.25, 0.3) is 5.91 Å². The quantitative estimate of drug-likeness (QED) is 0.781. The lowest BCUT2D eigenvalue weighted by Gasteiger charge is -2.33. The van der Waals surface area contributed by atoms with Crippen LogP contribution in [-0.2, 0) is 16.1 Å². The summed E-state index contributed by atoms with van der Waals surface area (Å²) in [6.45, 7) is 2.39. The Morgan fingerprint density at radius 2 is 1.81 bits per heavy atom. The van der Waals surface area contributed by atoms with Crippen LogP contribution in [0.2, 0.25) is 0 Å². The normalized spacial score (nSPS) is 21.9.